The standard InChI is InChI=1S/C25H16Cl4F5N3O2/c26-15-4-2-12(8-13(15)22(39)37-18-6-5-17(30)20(35)19(18)31)36-9-23(10-38)21(24(23,28)29)11-1-3-16(27)14(7-11)25(32,33)34/h1-8,10,21,36H,9,35H2,(H,37,39). The summed E-state index contributed by atoms with van der Waals surface area (Å²) in [6.45, 7) is -0.232. The molecule has 14 heteroatoms. The fourth-order valence-corrected chi connectivity index (χ4v) is 5.65. The van der Waals surface area contributed by atoms with E-state index in [-0.39, 0.29) is 34.1 Å². The van der Waals surface area contributed by atoms with E-state index < -0.39 is 55.7 Å². The van der Waals surface area contributed by atoms with E-state index in [9.17, 15) is 31.5 Å². The van der Waals surface area contributed by atoms with E-state index in [0.29, 0.717) is 6.29 Å². The average molecular weight is 627 g/mol. The van der Waals surface area contributed by atoms with E-state index >= 15 is 0 Å². The van der Waals surface area contributed by atoms with Gasteiger partial charge >= 0.3 is 6.18 Å². The number of nitrogen functional groups attached to an aromatic ring is 1. The van der Waals surface area contributed by atoms with Crippen molar-refractivity contribution in [2.24, 2.45) is 5.41 Å². The minimum Gasteiger partial charge on any atom is -0.394 e. The van der Waals surface area contributed by atoms with Gasteiger partial charge in [0.15, 0.2) is 5.82 Å². The Kier molecular flexibility index (Phi) is 7.72. The van der Waals surface area contributed by atoms with E-state index in [1.165, 1.54) is 24.3 Å². The molecule has 4 N–H and O–H groups in total. The zero-order valence-corrected chi connectivity index (χ0v) is 22.3. The predicted octanol–water partition coefficient (Wildman–Crippen LogP) is 7.69. The van der Waals surface area contributed by atoms with Gasteiger partial charge in [-0.05, 0) is 48.0 Å². The number of nitrogens with one attached hydrogen (secondary N) is 2. The van der Waals surface area contributed by atoms with E-state index in [0.717, 1.165) is 24.3 Å². The lowest BCUT2D eigenvalue weighted by atomic mass is 9.98. The summed E-state index contributed by atoms with van der Waals surface area (Å²) < 4.78 is 66.0. The van der Waals surface area contributed by atoms with Crippen LogP contribution in [0.15, 0.2) is 48.5 Å². The van der Waals surface area contributed by atoms with Gasteiger partial charge in [-0.25, -0.2) is 8.78 Å². The number of carbonyl (C=O) groups is 2. The quantitative estimate of drug-likeness (QED) is 0.109. The van der Waals surface area contributed by atoms with Crippen molar-refractivity contribution >= 4 is 75.7 Å². The number of hydrogen-bond acceptors (Lipinski definition) is 4. The van der Waals surface area contributed by atoms with Crippen LogP contribution in [-0.2, 0) is 11.0 Å². The van der Waals surface area contributed by atoms with Crippen LogP contribution in [-0.4, -0.2) is 23.1 Å². The number of rotatable bonds is 7. The van der Waals surface area contributed by atoms with Crippen LogP contribution in [0.5, 0.6) is 0 Å². The van der Waals surface area contributed by atoms with Gasteiger partial charge < -0.3 is 21.2 Å². The Labute approximate surface area is 238 Å². The second kappa shape index (κ2) is 10.3. The van der Waals surface area contributed by atoms with Gasteiger partial charge in [0.05, 0.1) is 32.3 Å². The van der Waals surface area contributed by atoms with Crippen molar-refractivity contribution in [1.82, 2.24) is 0 Å². The first-order valence-electron chi connectivity index (χ1n) is 10.9. The summed E-state index contributed by atoms with van der Waals surface area (Å²) in [6, 6.07) is 9.09. The average Bonchev–Trinajstić information content (AvgIpc) is 3.37. The largest absolute Gasteiger partial charge is 0.417 e. The van der Waals surface area contributed by atoms with Crippen LogP contribution in [0.3, 0.4) is 0 Å². The van der Waals surface area contributed by atoms with E-state index in [1.807, 2.05) is 0 Å². The minimum absolute atomic E-state index is 0.0205. The fourth-order valence-electron chi connectivity index (χ4n) is 4.24. The Balaban J connectivity index is 1.56. The molecule has 1 aliphatic rings. The molecule has 4 rings (SSSR count). The van der Waals surface area contributed by atoms with Crippen molar-refractivity contribution in [2.45, 2.75) is 16.4 Å². The first kappa shape index (κ1) is 29.2. The van der Waals surface area contributed by atoms with Gasteiger partial charge in [0.2, 0.25) is 0 Å². The highest BCUT2D eigenvalue weighted by atomic mass is 35.5. The molecule has 0 spiro atoms. The highest BCUT2D eigenvalue weighted by Gasteiger charge is 2.76. The smallest absolute Gasteiger partial charge is 0.394 e. The molecule has 39 heavy (non-hydrogen) atoms. The Morgan fingerprint density at radius 3 is 2.33 bits per heavy atom. The van der Waals surface area contributed by atoms with Gasteiger partial charge in [-0.15, -0.1) is 0 Å². The number of benzene rings is 3. The molecular weight excluding hydrogens is 611 g/mol. The summed E-state index contributed by atoms with van der Waals surface area (Å²) in [7, 11) is 0. The Hall–Kier alpha value is -2.79. The maximum absolute atomic E-state index is 14.2. The molecule has 0 aromatic heterocycles. The van der Waals surface area contributed by atoms with Crippen LogP contribution in [0.25, 0.3) is 0 Å². The molecule has 1 aliphatic carbocycles. The summed E-state index contributed by atoms with van der Waals surface area (Å²) in [5.74, 6) is -4.04. The number of aldehydes is 1. The maximum Gasteiger partial charge on any atom is 0.417 e. The van der Waals surface area contributed by atoms with Crippen molar-refractivity contribution in [1.29, 1.82) is 0 Å². The first-order chi connectivity index (χ1) is 18.1. The lowest BCUT2D eigenvalue weighted by molar-refractivity contribution is -0.137. The van der Waals surface area contributed by atoms with Crippen LogP contribution in [0.4, 0.5) is 39.0 Å². The number of nitrogens with two attached hydrogens (primary N) is 1. The number of carbonyl (C=O) groups excluding carboxylic acids is 2. The van der Waals surface area contributed by atoms with Crippen molar-refractivity contribution in [3.8, 4) is 0 Å². The van der Waals surface area contributed by atoms with E-state index in [2.05, 4.69) is 10.6 Å². The molecule has 3 aromatic carbocycles. The predicted molar refractivity (Wildman–Crippen MR) is 141 cm³/mol. The van der Waals surface area contributed by atoms with Crippen LogP contribution in [0.1, 0.15) is 27.4 Å². The van der Waals surface area contributed by atoms with Crippen LogP contribution >= 0.6 is 46.4 Å². The van der Waals surface area contributed by atoms with Gasteiger partial charge in [0.1, 0.15) is 22.1 Å². The van der Waals surface area contributed by atoms with Crippen molar-refractivity contribution < 1.29 is 31.5 Å². The summed E-state index contributed by atoms with van der Waals surface area (Å²) in [6.07, 6.45) is -4.29. The van der Waals surface area contributed by atoms with Gasteiger partial charge in [-0.2, -0.15) is 13.2 Å². The highest BCUT2D eigenvalue weighted by molar-refractivity contribution is 6.54. The summed E-state index contributed by atoms with van der Waals surface area (Å²) in [4.78, 5) is 24.9. The van der Waals surface area contributed by atoms with Crippen LogP contribution in [0, 0.1) is 17.0 Å². The lowest BCUT2D eigenvalue weighted by Crippen LogP contribution is -2.23. The topological polar surface area (TPSA) is 84.2 Å². The second-order valence-electron chi connectivity index (χ2n) is 8.78. The normalized spacial score (nSPS) is 19.9. The molecule has 0 heterocycles. The van der Waals surface area contributed by atoms with Gasteiger partial charge in [0.25, 0.3) is 5.91 Å². The number of anilines is 3. The number of alkyl halides is 5. The Bertz CT molecular complexity index is 1480. The molecule has 1 saturated carbocycles. The maximum atomic E-state index is 14.2. The van der Waals surface area contributed by atoms with Gasteiger partial charge in [-0.1, -0.05) is 52.5 Å². The summed E-state index contributed by atoms with van der Waals surface area (Å²) in [5.41, 5.74) is 1.71. The monoisotopic (exact) mass is 625 g/mol. The summed E-state index contributed by atoms with van der Waals surface area (Å²) >= 11 is 24.6. The molecule has 0 bridgehead atoms. The van der Waals surface area contributed by atoms with E-state index in [1.54, 1.807) is 0 Å². The van der Waals surface area contributed by atoms with Crippen LogP contribution in [0.2, 0.25) is 10.0 Å². The van der Waals surface area contributed by atoms with E-state index in [4.69, 9.17) is 52.1 Å². The molecule has 2 atom stereocenters. The number of hydrogen-bond donors (Lipinski definition) is 3. The fraction of sp³-hybridized carbons (Fsp3) is 0.200. The highest BCUT2D eigenvalue weighted by Crippen LogP contribution is 2.73. The molecule has 206 valence electrons. The van der Waals surface area contributed by atoms with Crippen molar-refractivity contribution in [2.75, 3.05) is 22.9 Å². The molecule has 5 nitrogen and oxygen atoms in total. The zero-order valence-electron chi connectivity index (χ0n) is 19.3. The minimum atomic E-state index is -4.74. The SMILES string of the molecule is Nc1c(F)ccc(NC(=O)c2cc(NCC3(C=O)C(c4ccc(Cl)c(C(F)(F)F)c4)C3(Cl)Cl)ccc2Cl)c1F. The molecule has 0 aliphatic heterocycles. The molecule has 2 unspecified atom stereocenters. The molecule has 0 saturated heterocycles. The van der Waals surface area contributed by atoms with Crippen molar-refractivity contribution in [3.05, 3.63) is 86.9 Å². The lowest BCUT2D eigenvalue weighted by Gasteiger charge is -2.16. The molecule has 0 radical (unpaired) electrons. The second-order valence-corrected chi connectivity index (χ2v) is 11.0. The Morgan fingerprint density at radius 1 is 1.03 bits per heavy atom. The third-order valence-electron chi connectivity index (χ3n) is 6.43. The van der Waals surface area contributed by atoms with Gasteiger partial charge in [-0.3, -0.25) is 4.79 Å². The third-order valence-corrected chi connectivity index (χ3v) is 8.22. The number of amides is 1. The first-order valence-corrected chi connectivity index (χ1v) is 12.4. The van der Waals surface area contributed by atoms with Gasteiger partial charge in [0, 0.05) is 18.2 Å². The molecule has 1 amide bonds. The summed E-state index contributed by atoms with van der Waals surface area (Å²) in [5, 5.41) is 4.60. The third kappa shape index (κ3) is 5.23. The zero-order chi connectivity index (χ0) is 28.9. The van der Waals surface area contributed by atoms with Crippen molar-refractivity contribution in [3.63, 3.8) is 0 Å². The molecular formula is C25H16Cl4F5N3O2. The molecule has 3 aromatic rings. The van der Waals surface area contributed by atoms with Crippen LogP contribution < -0.4 is 16.4 Å². The molecule has 1 fully saturated rings. The Morgan fingerprint density at radius 2 is 1.69 bits per heavy atom. The number of halogens is 9.